The van der Waals surface area contributed by atoms with Gasteiger partial charge in [-0.3, -0.25) is 4.79 Å². The van der Waals surface area contributed by atoms with Gasteiger partial charge in [0.05, 0.1) is 15.6 Å². The van der Waals surface area contributed by atoms with Gasteiger partial charge in [0.25, 0.3) is 8.32 Å². The van der Waals surface area contributed by atoms with Crippen molar-refractivity contribution in [2.24, 2.45) is 0 Å². The Morgan fingerprint density at radius 3 is 2.05 bits per heavy atom. The van der Waals surface area contributed by atoms with Crippen LogP contribution in [0.1, 0.15) is 38.1 Å². The summed E-state index contributed by atoms with van der Waals surface area (Å²) >= 11 is 12.0. The summed E-state index contributed by atoms with van der Waals surface area (Å²) in [5, 5.41) is 0.822. The maximum Gasteiger partial charge on any atom is 0.250 e. The molecule has 0 spiro atoms. The van der Waals surface area contributed by atoms with E-state index in [1.165, 1.54) is 6.92 Å². The summed E-state index contributed by atoms with van der Waals surface area (Å²) < 4.78 is 6.17. The topological polar surface area (TPSA) is 26.3 Å². The third-order valence-corrected chi connectivity index (χ3v) is 8.64. The molecule has 0 atom stereocenters. The number of carbonyl (C=O) groups excluding carboxylic acids is 1. The molecule has 0 aromatic heterocycles. The zero-order chi connectivity index (χ0) is 15.0. The van der Waals surface area contributed by atoms with Gasteiger partial charge >= 0.3 is 0 Å². The largest absolute Gasteiger partial charge is 0.543 e. The van der Waals surface area contributed by atoms with E-state index in [2.05, 4.69) is 33.9 Å². The smallest absolute Gasteiger partial charge is 0.250 e. The fourth-order valence-corrected chi connectivity index (χ4v) is 2.66. The van der Waals surface area contributed by atoms with Crippen LogP contribution in [0.5, 0.6) is 5.75 Å². The minimum absolute atomic E-state index is 0.0488. The zero-order valence-electron chi connectivity index (χ0n) is 12.2. The lowest BCUT2D eigenvalue weighted by molar-refractivity contribution is 0.101. The van der Waals surface area contributed by atoms with Crippen LogP contribution in [0.15, 0.2) is 12.1 Å². The van der Waals surface area contributed by atoms with Crippen molar-refractivity contribution in [2.45, 2.75) is 45.8 Å². The maximum atomic E-state index is 11.7. The van der Waals surface area contributed by atoms with Crippen molar-refractivity contribution in [3.8, 4) is 5.75 Å². The van der Waals surface area contributed by atoms with Crippen molar-refractivity contribution in [2.75, 3.05) is 0 Å². The molecule has 0 radical (unpaired) electrons. The van der Waals surface area contributed by atoms with Crippen molar-refractivity contribution < 1.29 is 9.22 Å². The standard InChI is InChI=1S/C14H20Cl2O2Si/c1-9(17)10-7-11(15)12(16)8-13(10)18-19(5,6)14(2,3)4/h7-8H,1-6H3. The van der Waals surface area contributed by atoms with Gasteiger partial charge in [-0.25, -0.2) is 0 Å². The zero-order valence-corrected chi connectivity index (χ0v) is 14.7. The minimum atomic E-state index is -2.02. The molecule has 0 aliphatic heterocycles. The minimum Gasteiger partial charge on any atom is -0.543 e. The average molecular weight is 319 g/mol. The Morgan fingerprint density at radius 1 is 1.16 bits per heavy atom. The molecule has 1 aromatic carbocycles. The number of Topliss-reactive ketones (excluding diaryl/α,β-unsaturated/α-hetero) is 1. The monoisotopic (exact) mass is 318 g/mol. The third kappa shape index (κ3) is 3.74. The Bertz CT molecular complexity index is 505. The lowest BCUT2D eigenvalue weighted by atomic mass is 10.1. The highest BCUT2D eigenvalue weighted by atomic mass is 35.5. The van der Waals surface area contributed by atoms with E-state index in [1.807, 2.05) is 0 Å². The SMILES string of the molecule is CC(=O)c1cc(Cl)c(Cl)cc1O[Si](C)(C)C(C)(C)C. The molecule has 0 heterocycles. The molecule has 0 unspecified atom stereocenters. The van der Waals surface area contributed by atoms with Gasteiger partial charge in [-0.2, -0.15) is 0 Å². The average Bonchev–Trinajstić information content (AvgIpc) is 2.20. The van der Waals surface area contributed by atoms with Crippen LogP contribution in [-0.4, -0.2) is 14.1 Å². The molecule has 5 heteroatoms. The summed E-state index contributed by atoms with van der Waals surface area (Å²) in [6.45, 7) is 12.2. The molecular formula is C14H20Cl2O2Si. The molecule has 0 fully saturated rings. The fourth-order valence-electron chi connectivity index (χ4n) is 1.32. The summed E-state index contributed by atoms with van der Waals surface area (Å²) in [4.78, 5) is 11.7. The predicted octanol–water partition coefficient (Wildman–Crippen LogP) is 5.58. The lowest BCUT2D eigenvalue weighted by Gasteiger charge is -2.37. The van der Waals surface area contributed by atoms with E-state index in [1.54, 1.807) is 12.1 Å². The summed E-state index contributed by atoms with van der Waals surface area (Å²) in [7, 11) is -2.02. The van der Waals surface area contributed by atoms with Crippen LogP contribution < -0.4 is 4.43 Å². The van der Waals surface area contributed by atoms with Gasteiger partial charge in [0.1, 0.15) is 5.75 Å². The molecule has 0 amide bonds. The molecule has 0 aliphatic carbocycles. The molecule has 0 N–H and O–H groups in total. The van der Waals surface area contributed by atoms with Gasteiger partial charge in [0.15, 0.2) is 5.78 Å². The van der Waals surface area contributed by atoms with E-state index >= 15 is 0 Å². The molecule has 2 nitrogen and oxygen atoms in total. The van der Waals surface area contributed by atoms with E-state index in [9.17, 15) is 4.79 Å². The van der Waals surface area contributed by atoms with Gasteiger partial charge in [0, 0.05) is 0 Å². The molecule has 0 bridgehead atoms. The summed E-state index contributed by atoms with van der Waals surface area (Å²) in [5.74, 6) is 0.459. The highest BCUT2D eigenvalue weighted by Gasteiger charge is 2.39. The van der Waals surface area contributed by atoms with Gasteiger partial charge < -0.3 is 4.43 Å². The fraction of sp³-hybridized carbons (Fsp3) is 0.500. The van der Waals surface area contributed by atoms with Crippen LogP contribution in [0.25, 0.3) is 0 Å². The Morgan fingerprint density at radius 2 is 1.63 bits per heavy atom. The van der Waals surface area contributed by atoms with Gasteiger partial charge in [-0.05, 0) is 37.2 Å². The first kappa shape index (κ1) is 16.5. The van der Waals surface area contributed by atoms with E-state index < -0.39 is 8.32 Å². The predicted molar refractivity (Wildman–Crippen MR) is 84.3 cm³/mol. The molecule has 106 valence electrons. The molecule has 0 saturated heterocycles. The van der Waals surface area contributed by atoms with Gasteiger partial charge in [-0.15, -0.1) is 0 Å². The first-order valence-corrected chi connectivity index (χ1v) is 9.81. The molecule has 19 heavy (non-hydrogen) atoms. The summed E-state index contributed by atoms with van der Waals surface area (Å²) in [5.41, 5.74) is 0.485. The van der Waals surface area contributed by atoms with Crippen LogP contribution in [0, 0.1) is 0 Å². The highest BCUT2D eigenvalue weighted by molar-refractivity contribution is 6.74. The van der Waals surface area contributed by atoms with Crippen molar-refractivity contribution in [1.29, 1.82) is 0 Å². The lowest BCUT2D eigenvalue weighted by Crippen LogP contribution is -2.44. The van der Waals surface area contributed by atoms with Crippen LogP contribution in [0.2, 0.25) is 28.2 Å². The van der Waals surface area contributed by atoms with Crippen LogP contribution in [-0.2, 0) is 0 Å². The van der Waals surface area contributed by atoms with Crippen LogP contribution in [0.4, 0.5) is 0 Å². The first-order valence-electron chi connectivity index (χ1n) is 6.15. The molecular weight excluding hydrogens is 299 g/mol. The third-order valence-electron chi connectivity index (χ3n) is 3.57. The Kier molecular flexibility index (Phi) is 4.76. The first-order chi connectivity index (χ1) is 8.45. The van der Waals surface area contributed by atoms with Gasteiger partial charge in [0.2, 0.25) is 0 Å². The molecule has 0 aliphatic rings. The van der Waals surface area contributed by atoms with Gasteiger partial charge in [-0.1, -0.05) is 44.0 Å². The van der Waals surface area contributed by atoms with E-state index in [-0.39, 0.29) is 10.8 Å². The normalized spacial score (nSPS) is 12.4. The maximum absolute atomic E-state index is 11.7. The number of carbonyl (C=O) groups is 1. The number of hydrogen-bond acceptors (Lipinski definition) is 2. The van der Waals surface area contributed by atoms with E-state index in [0.29, 0.717) is 21.4 Å². The second-order valence-corrected chi connectivity index (χ2v) is 11.7. The summed E-state index contributed by atoms with van der Waals surface area (Å²) in [6.07, 6.45) is 0. The second-order valence-electron chi connectivity index (χ2n) is 6.18. The molecule has 0 saturated carbocycles. The van der Waals surface area contributed by atoms with Crippen molar-refractivity contribution in [3.63, 3.8) is 0 Å². The van der Waals surface area contributed by atoms with E-state index in [0.717, 1.165) is 0 Å². The summed E-state index contributed by atoms with van der Waals surface area (Å²) in [6, 6.07) is 3.22. The van der Waals surface area contributed by atoms with E-state index in [4.69, 9.17) is 27.6 Å². The number of rotatable bonds is 3. The van der Waals surface area contributed by atoms with Crippen LogP contribution >= 0.6 is 23.2 Å². The Labute approximate surface area is 126 Å². The highest BCUT2D eigenvalue weighted by Crippen LogP contribution is 2.40. The quantitative estimate of drug-likeness (QED) is 0.537. The molecule has 1 aromatic rings. The van der Waals surface area contributed by atoms with Crippen LogP contribution in [0.3, 0.4) is 0 Å². The number of ketones is 1. The number of benzene rings is 1. The Hall–Kier alpha value is -0.513. The van der Waals surface area contributed by atoms with Crippen molar-refractivity contribution >= 4 is 37.3 Å². The second kappa shape index (κ2) is 5.47. The van der Waals surface area contributed by atoms with Crippen molar-refractivity contribution in [3.05, 3.63) is 27.7 Å². The molecule has 1 rings (SSSR count). The Balaban J connectivity index is 3.28. The number of halogens is 2. The van der Waals surface area contributed by atoms with Crippen molar-refractivity contribution in [1.82, 2.24) is 0 Å². The number of hydrogen-bond donors (Lipinski definition) is 0.